The van der Waals surface area contributed by atoms with E-state index in [1.54, 1.807) is 0 Å². The normalized spacial score (nSPS) is 32.2. The maximum atomic E-state index is 9.92. The van der Waals surface area contributed by atoms with Crippen LogP contribution in [-0.4, -0.2) is 52.0 Å². The second-order valence-electron chi connectivity index (χ2n) is 6.27. The lowest BCUT2D eigenvalue weighted by molar-refractivity contribution is -0.0548. The summed E-state index contributed by atoms with van der Waals surface area (Å²) in [7, 11) is 0. The van der Waals surface area contributed by atoms with Crippen LogP contribution in [0.2, 0.25) is 0 Å². The average Bonchev–Trinajstić information content (AvgIpc) is 3.03. The van der Waals surface area contributed by atoms with E-state index in [0.717, 1.165) is 32.5 Å². The van der Waals surface area contributed by atoms with Crippen LogP contribution in [-0.2, 0) is 11.2 Å². The molecule has 1 N–H and O–H groups in total. The predicted molar refractivity (Wildman–Crippen MR) is 70.0 cm³/mol. The third-order valence-corrected chi connectivity index (χ3v) is 4.71. The van der Waals surface area contributed by atoms with Crippen molar-refractivity contribution in [3.05, 3.63) is 11.7 Å². The number of aliphatic hydroxyl groups excluding tert-OH is 1. The quantitative estimate of drug-likeness (QED) is 0.883. The van der Waals surface area contributed by atoms with E-state index in [2.05, 4.69) is 15.0 Å². The standard InChI is InChI=1S/C14H21N3O3/c18-11(9-3-4-9)6-13-15-14(16-20-13)12-7-17-5-1-2-10(17)8-19-12/h9-12,18H,1-8H2. The molecule has 6 heteroatoms. The van der Waals surface area contributed by atoms with Crippen molar-refractivity contribution in [2.45, 2.75) is 50.4 Å². The highest BCUT2D eigenvalue weighted by Gasteiger charge is 2.35. The summed E-state index contributed by atoms with van der Waals surface area (Å²) >= 11 is 0. The van der Waals surface area contributed by atoms with Gasteiger partial charge in [0, 0.05) is 12.6 Å². The molecule has 20 heavy (non-hydrogen) atoms. The number of rotatable bonds is 4. The van der Waals surface area contributed by atoms with Crippen molar-refractivity contribution in [1.29, 1.82) is 0 Å². The zero-order chi connectivity index (χ0) is 13.5. The number of aromatic nitrogens is 2. The van der Waals surface area contributed by atoms with Gasteiger partial charge in [0.25, 0.3) is 0 Å². The van der Waals surface area contributed by atoms with Crippen LogP contribution in [0, 0.1) is 5.92 Å². The van der Waals surface area contributed by atoms with Gasteiger partial charge in [-0.1, -0.05) is 5.16 Å². The van der Waals surface area contributed by atoms with E-state index in [1.807, 2.05) is 0 Å². The van der Waals surface area contributed by atoms with Crippen molar-refractivity contribution < 1.29 is 14.4 Å². The molecule has 110 valence electrons. The second kappa shape index (κ2) is 5.09. The van der Waals surface area contributed by atoms with Gasteiger partial charge in [0.15, 0.2) is 0 Å². The molecule has 3 unspecified atom stereocenters. The molecule has 1 aliphatic carbocycles. The highest BCUT2D eigenvalue weighted by atomic mass is 16.5. The van der Waals surface area contributed by atoms with Crippen molar-refractivity contribution in [2.24, 2.45) is 5.92 Å². The van der Waals surface area contributed by atoms with E-state index in [1.165, 1.54) is 12.8 Å². The predicted octanol–water partition coefficient (Wildman–Crippen LogP) is 0.919. The number of morpholine rings is 1. The highest BCUT2D eigenvalue weighted by molar-refractivity contribution is 4.98. The fourth-order valence-electron chi connectivity index (χ4n) is 3.28. The molecule has 1 aromatic rings. The van der Waals surface area contributed by atoms with Crippen LogP contribution in [0.25, 0.3) is 0 Å². The number of hydrogen-bond acceptors (Lipinski definition) is 6. The summed E-state index contributed by atoms with van der Waals surface area (Å²) in [5.41, 5.74) is 0. The first-order valence-corrected chi connectivity index (χ1v) is 7.66. The molecule has 2 aliphatic heterocycles. The Balaban J connectivity index is 1.39. The minimum atomic E-state index is -0.335. The molecule has 1 saturated carbocycles. The maximum Gasteiger partial charge on any atom is 0.229 e. The Labute approximate surface area is 118 Å². The lowest BCUT2D eigenvalue weighted by atomic mass is 10.1. The van der Waals surface area contributed by atoms with Crippen molar-refractivity contribution in [1.82, 2.24) is 15.0 Å². The van der Waals surface area contributed by atoms with Gasteiger partial charge in [-0.2, -0.15) is 4.98 Å². The summed E-state index contributed by atoms with van der Waals surface area (Å²) in [6.07, 6.45) is 4.77. The first kappa shape index (κ1) is 12.7. The minimum absolute atomic E-state index is 0.0834. The summed E-state index contributed by atoms with van der Waals surface area (Å²) in [5, 5.41) is 14.0. The molecule has 3 atom stereocenters. The highest BCUT2D eigenvalue weighted by Crippen LogP contribution is 2.34. The van der Waals surface area contributed by atoms with Gasteiger partial charge in [-0.15, -0.1) is 0 Å². The number of nitrogens with zero attached hydrogens (tertiary/aromatic N) is 3. The Morgan fingerprint density at radius 3 is 3.10 bits per heavy atom. The third kappa shape index (κ3) is 2.47. The zero-order valence-electron chi connectivity index (χ0n) is 11.6. The number of fused-ring (bicyclic) bond motifs is 1. The molecule has 3 heterocycles. The summed E-state index contributed by atoms with van der Waals surface area (Å²) < 4.78 is 11.1. The van der Waals surface area contributed by atoms with Crippen LogP contribution in [0.15, 0.2) is 4.52 Å². The third-order valence-electron chi connectivity index (χ3n) is 4.71. The van der Waals surface area contributed by atoms with Gasteiger partial charge >= 0.3 is 0 Å². The lowest BCUT2D eigenvalue weighted by Crippen LogP contribution is -2.42. The van der Waals surface area contributed by atoms with Crippen molar-refractivity contribution in [3.63, 3.8) is 0 Å². The Kier molecular flexibility index (Phi) is 3.24. The molecule has 6 nitrogen and oxygen atoms in total. The van der Waals surface area contributed by atoms with Crippen LogP contribution >= 0.6 is 0 Å². The van der Waals surface area contributed by atoms with E-state index in [9.17, 15) is 5.11 Å². The van der Waals surface area contributed by atoms with Gasteiger partial charge < -0.3 is 14.4 Å². The van der Waals surface area contributed by atoms with Gasteiger partial charge in [0.05, 0.1) is 19.1 Å². The maximum absolute atomic E-state index is 9.92. The molecule has 4 rings (SSSR count). The first-order chi connectivity index (χ1) is 9.79. The van der Waals surface area contributed by atoms with E-state index in [-0.39, 0.29) is 12.2 Å². The van der Waals surface area contributed by atoms with Gasteiger partial charge in [-0.25, -0.2) is 0 Å². The van der Waals surface area contributed by atoms with Crippen LogP contribution in [0.1, 0.15) is 43.5 Å². The minimum Gasteiger partial charge on any atom is -0.392 e. The Morgan fingerprint density at radius 1 is 1.35 bits per heavy atom. The SMILES string of the molecule is OC(Cc1nc(C2CN3CCCC3CO2)no1)C1CC1. The van der Waals surface area contributed by atoms with E-state index < -0.39 is 0 Å². The van der Waals surface area contributed by atoms with Crippen LogP contribution in [0.4, 0.5) is 0 Å². The van der Waals surface area contributed by atoms with Gasteiger partial charge in [0.2, 0.25) is 11.7 Å². The van der Waals surface area contributed by atoms with Crippen LogP contribution in [0.3, 0.4) is 0 Å². The number of aliphatic hydroxyl groups is 1. The Bertz CT molecular complexity index is 474. The number of ether oxygens (including phenoxy) is 1. The van der Waals surface area contributed by atoms with Gasteiger partial charge in [-0.3, -0.25) is 4.90 Å². The molecule has 2 saturated heterocycles. The summed E-state index contributed by atoms with van der Waals surface area (Å²) in [6, 6.07) is 0.578. The summed E-state index contributed by atoms with van der Waals surface area (Å²) in [6.45, 7) is 2.77. The monoisotopic (exact) mass is 279 g/mol. The Hall–Kier alpha value is -0.980. The van der Waals surface area contributed by atoms with Gasteiger partial charge in [-0.05, 0) is 38.1 Å². The molecule has 0 spiro atoms. The van der Waals surface area contributed by atoms with Crippen molar-refractivity contribution >= 4 is 0 Å². The molecular weight excluding hydrogens is 258 g/mol. The topological polar surface area (TPSA) is 71.6 Å². The molecule has 1 aromatic heterocycles. The zero-order valence-corrected chi connectivity index (χ0v) is 11.6. The van der Waals surface area contributed by atoms with Gasteiger partial charge in [0.1, 0.15) is 6.10 Å². The van der Waals surface area contributed by atoms with E-state index in [4.69, 9.17) is 9.26 Å². The summed E-state index contributed by atoms with van der Waals surface area (Å²) in [5.74, 6) is 1.60. The van der Waals surface area contributed by atoms with Crippen LogP contribution < -0.4 is 0 Å². The molecule has 0 bridgehead atoms. The molecule has 0 radical (unpaired) electrons. The fourth-order valence-corrected chi connectivity index (χ4v) is 3.28. The fraction of sp³-hybridized carbons (Fsp3) is 0.857. The first-order valence-electron chi connectivity index (χ1n) is 7.66. The second-order valence-corrected chi connectivity index (χ2v) is 6.27. The lowest BCUT2D eigenvalue weighted by Gasteiger charge is -2.33. The molecule has 0 aromatic carbocycles. The van der Waals surface area contributed by atoms with E-state index in [0.29, 0.717) is 30.1 Å². The smallest absolute Gasteiger partial charge is 0.229 e. The summed E-state index contributed by atoms with van der Waals surface area (Å²) in [4.78, 5) is 6.87. The van der Waals surface area contributed by atoms with Crippen LogP contribution in [0.5, 0.6) is 0 Å². The number of hydrogen-bond donors (Lipinski definition) is 1. The van der Waals surface area contributed by atoms with E-state index >= 15 is 0 Å². The molecule has 3 fully saturated rings. The Morgan fingerprint density at radius 2 is 2.25 bits per heavy atom. The van der Waals surface area contributed by atoms with Crippen molar-refractivity contribution in [2.75, 3.05) is 19.7 Å². The molecular formula is C14H21N3O3. The molecule has 3 aliphatic rings. The van der Waals surface area contributed by atoms with Crippen molar-refractivity contribution in [3.8, 4) is 0 Å². The molecule has 0 amide bonds. The largest absolute Gasteiger partial charge is 0.392 e. The average molecular weight is 279 g/mol.